The zero-order chi connectivity index (χ0) is 13.4. The predicted molar refractivity (Wildman–Crippen MR) is 80.8 cm³/mol. The van der Waals surface area contributed by atoms with Gasteiger partial charge in [-0.1, -0.05) is 0 Å². The molecule has 0 fully saturated rings. The Labute approximate surface area is 127 Å². The number of hydrogen-bond donors (Lipinski definition) is 2. The van der Waals surface area contributed by atoms with Crippen LogP contribution < -0.4 is 11.1 Å². The van der Waals surface area contributed by atoms with Crippen LogP contribution in [0.1, 0.15) is 33.1 Å². The Kier molecular flexibility index (Phi) is 4.47. The highest BCUT2D eigenvalue weighted by molar-refractivity contribution is 7.15. The number of thiazole rings is 1. The van der Waals surface area contributed by atoms with Crippen LogP contribution in [0.25, 0.3) is 0 Å². The zero-order valence-electron chi connectivity index (χ0n) is 11.0. The smallest absolute Gasteiger partial charge is 0.260 e. The highest BCUT2D eigenvalue weighted by atomic mass is 35.5. The molecule has 3 rings (SSSR count). The zero-order valence-corrected chi connectivity index (χ0v) is 12.6. The maximum Gasteiger partial charge on any atom is 0.260 e. The van der Waals surface area contributed by atoms with Gasteiger partial charge in [0.15, 0.2) is 5.13 Å². The highest BCUT2D eigenvalue weighted by Crippen LogP contribution is 2.29. The molecule has 5 nitrogen and oxygen atoms in total. The fourth-order valence-corrected chi connectivity index (χ4v) is 3.33. The van der Waals surface area contributed by atoms with E-state index >= 15 is 0 Å². The molecule has 108 valence electrons. The molecule has 1 atom stereocenters. The second-order valence-corrected chi connectivity index (χ2v) is 5.82. The van der Waals surface area contributed by atoms with Crippen molar-refractivity contribution < 1.29 is 9.21 Å². The predicted octanol–water partition coefficient (Wildman–Crippen LogP) is 2.53. The molecule has 1 aliphatic carbocycles. The van der Waals surface area contributed by atoms with Gasteiger partial charge in [-0.05, 0) is 32.3 Å². The van der Waals surface area contributed by atoms with Crippen LogP contribution in [-0.4, -0.2) is 16.9 Å². The fourth-order valence-electron chi connectivity index (χ4n) is 2.24. The minimum absolute atomic E-state index is 0. The lowest BCUT2D eigenvalue weighted by Crippen LogP contribution is -2.27. The Hall–Kier alpha value is -1.37. The molecule has 0 spiro atoms. The van der Waals surface area contributed by atoms with E-state index in [0.717, 1.165) is 25.0 Å². The number of carbonyl (C=O) groups is 1. The van der Waals surface area contributed by atoms with Crippen molar-refractivity contribution in [3.63, 3.8) is 0 Å². The minimum atomic E-state index is -0.179. The molecule has 3 N–H and O–H groups in total. The molecule has 7 heteroatoms. The molecule has 0 radical (unpaired) electrons. The van der Waals surface area contributed by atoms with E-state index in [2.05, 4.69) is 10.3 Å². The lowest BCUT2D eigenvalue weighted by molar-refractivity contribution is 0.102. The average Bonchev–Trinajstić information content (AvgIpc) is 2.94. The summed E-state index contributed by atoms with van der Waals surface area (Å²) in [6.45, 7) is 1.76. The summed E-state index contributed by atoms with van der Waals surface area (Å²) in [7, 11) is 0. The summed E-state index contributed by atoms with van der Waals surface area (Å²) < 4.78 is 5.12. The molecule has 0 saturated carbocycles. The number of nitrogens with two attached hydrogens (primary N) is 1. The first kappa shape index (κ1) is 15.0. The third-order valence-corrected chi connectivity index (χ3v) is 4.34. The summed E-state index contributed by atoms with van der Waals surface area (Å²) in [4.78, 5) is 17.7. The number of aryl methyl sites for hydroxylation is 2. The number of rotatable bonds is 2. The average molecular weight is 314 g/mol. The first-order valence-electron chi connectivity index (χ1n) is 6.23. The van der Waals surface area contributed by atoms with Crippen molar-refractivity contribution in [3.05, 3.63) is 34.2 Å². The van der Waals surface area contributed by atoms with E-state index in [0.29, 0.717) is 16.5 Å². The maximum atomic E-state index is 12.0. The van der Waals surface area contributed by atoms with Crippen molar-refractivity contribution in [1.82, 2.24) is 4.98 Å². The molecule has 0 aliphatic heterocycles. The largest absolute Gasteiger partial charge is 0.469 e. The maximum absolute atomic E-state index is 12.0. The Morgan fingerprint density at radius 3 is 3.10 bits per heavy atom. The Bertz CT molecular complexity index is 623. The number of aromatic nitrogens is 1. The standard InChI is InChI=1S/C13H15N3O2S.ClH/c1-7-9(4-5-18-7)12(17)16-13-15-10-3-2-8(14)6-11(10)19-13;/h4-5,8H,2-3,6,14H2,1H3,(H,15,16,17);1H/t8-;/m0./s1. The van der Waals surface area contributed by atoms with Crippen LogP contribution in [0.15, 0.2) is 16.7 Å². The van der Waals surface area contributed by atoms with E-state index in [1.807, 2.05) is 0 Å². The third kappa shape index (κ3) is 2.87. The van der Waals surface area contributed by atoms with E-state index in [4.69, 9.17) is 10.2 Å². The van der Waals surface area contributed by atoms with E-state index < -0.39 is 0 Å². The lowest BCUT2D eigenvalue weighted by Gasteiger charge is -2.15. The van der Waals surface area contributed by atoms with Crippen molar-refractivity contribution >= 4 is 34.8 Å². The monoisotopic (exact) mass is 313 g/mol. The Morgan fingerprint density at radius 1 is 1.60 bits per heavy atom. The summed E-state index contributed by atoms with van der Waals surface area (Å²) in [5.74, 6) is 0.433. The van der Waals surface area contributed by atoms with Crippen molar-refractivity contribution in [3.8, 4) is 0 Å². The second-order valence-electron chi connectivity index (χ2n) is 4.74. The van der Waals surface area contributed by atoms with Gasteiger partial charge in [0.2, 0.25) is 0 Å². The highest BCUT2D eigenvalue weighted by Gasteiger charge is 2.21. The summed E-state index contributed by atoms with van der Waals surface area (Å²) in [5.41, 5.74) is 7.56. The molecule has 0 unspecified atom stereocenters. The first-order valence-corrected chi connectivity index (χ1v) is 7.04. The normalized spacial score (nSPS) is 17.2. The SMILES string of the molecule is Cc1occc1C(=O)Nc1nc2c(s1)C[C@@H](N)CC2.Cl. The second kappa shape index (κ2) is 5.95. The van der Waals surface area contributed by atoms with E-state index in [-0.39, 0.29) is 24.4 Å². The summed E-state index contributed by atoms with van der Waals surface area (Å²) in [5, 5.41) is 3.47. The number of carbonyl (C=O) groups excluding carboxylic acids is 1. The van der Waals surface area contributed by atoms with Gasteiger partial charge in [-0.2, -0.15) is 0 Å². The number of hydrogen-bond acceptors (Lipinski definition) is 5. The van der Waals surface area contributed by atoms with Gasteiger partial charge in [0, 0.05) is 10.9 Å². The van der Waals surface area contributed by atoms with Gasteiger partial charge in [0.1, 0.15) is 5.76 Å². The van der Waals surface area contributed by atoms with Crippen molar-refractivity contribution in [2.24, 2.45) is 5.73 Å². The van der Waals surface area contributed by atoms with Gasteiger partial charge in [0.25, 0.3) is 5.91 Å². The summed E-state index contributed by atoms with van der Waals surface area (Å²) in [6.07, 6.45) is 4.22. The number of furan rings is 1. The van der Waals surface area contributed by atoms with Gasteiger partial charge >= 0.3 is 0 Å². The van der Waals surface area contributed by atoms with Crippen molar-refractivity contribution in [2.75, 3.05) is 5.32 Å². The number of anilines is 1. The van der Waals surface area contributed by atoms with Crippen LogP contribution in [0.3, 0.4) is 0 Å². The van der Waals surface area contributed by atoms with Gasteiger partial charge in [-0.15, -0.1) is 23.7 Å². The quantitative estimate of drug-likeness (QED) is 0.892. The number of amides is 1. The van der Waals surface area contributed by atoms with Gasteiger partial charge in [0.05, 0.1) is 17.5 Å². The summed E-state index contributed by atoms with van der Waals surface area (Å²) >= 11 is 1.52. The lowest BCUT2D eigenvalue weighted by atomic mass is 9.99. The van der Waals surface area contributed by atoms with Crippen LogP contribution in [0.5, 0.6) is 0 Å². The van der Waals surface area contributed by atoms with E-state index in [9.17, 15) is 4.79 Å². The number of nitrogens with zero attached hydrogens (tertiary/aromatic N) is 1. The number of nitrogens with one attached hydrogen (secondary N) is 1. The molecule has 2 aromatic heterocycles. The Morgan fingerprint density at radius 2 is 2.40 bits per heavy atom. The third-order valence-electron chi connectivity index (χ3n) is 3.30. The number of halogens is 1. The molecule has 2 heterocycles. The summed E-state index contributed by atoms with van der Waals surface area (Å²) in [6, 6.07) is 1.88. The molecule has 1 amide bonds. The van der Waals surface area contributed by atoms with Crippen molar-refractivity contribution in [2.45, 2.75) is 32.2 Å². The molecule has 0 bridgehead atoms. The fraction of sp³-hybridized carbons (Fsp3) is 0.385. The molecular weight excluding hydrogens is 298 g/mol. The van der Waals surface area contributed by atoms with Crippen LogP contribution in [0.2, 0.25) is 0 Å². The van der Waals surface area contributed by atoms with Crippen LogP contribution in [0.4, 0.5) is 5.13 Å². The van der Waals surface area contributed by atoms with Gasteiger partial charge in [-0.3, -0.25) is 10.1 Å². The van der Waals surface area contributed by atoms with Gasteiger partial charge < -0.3 is 10.2 Å². The molecule has 20 heavy (non-hydrogen) atoms. The van der Waals surface area contributed by atoms with Crippen LogP contribution in [0, 0.1) is 6.92 Å². The van der Waals surface area contributed by atoms with Gasteiger partial charge in [-0.25, -0.2) is 4.98 Å². The minimum Gasteiger partial charge on any atom is -0.469 e. The van der Waals surface area contributed by atoms with E-state index in [1.165, 1.54) is 22.5 Å². The molecule has 0 aromatic carbocycles. The molecule has 1 aliphatic rings. The topological polar surface area (TPSA) is 81.2 Å². The molecule has 2 aromatic rings. The van der Waals surface area contributed by atoms with Crippen LogP contribution >= 0.6 is 23.7 Å². The Balaban J connectivity index is 0.00000147. The first-order chi connectivity index (χ1) is 9.13. The van der Waals surface area contributed by atoms with Crippen molar-refractivity contribution in [1.29, 1.82) is 0 Å². The molecular formula is C13H16ClN3O2S. The number of fused-ring (bicyclic) bond motifs is 1. The van der Waals surface area contributed by atoms with Crippen LogP contribution in [-0.2, 0) is 12.8 Å². The molecule has 0 saturated heterocycles. The van der Waals surface area contributed by atoms with E-state index in [1.54, 1.807) is 13.0 Å².